The van der Waals surface area contributed by atoms with Crippen molar-refractivity contribution in [1.29, 1.82) is 0 Å². The lowest BCUT2D eigenvalue weighted by molar-refractivity contribution is -0.144. The zero-order chi connectivity index (χ0) is 18.7. The minimum atomic E-state index is -0.658. The predicted molar refractivity (Wildman–Crippen MR) is 97.3 cm³/mol. The molecule has 1 N–H and O–H groups in total. The third-order valence-electron chi connectivity index (χ3n) is 6.59. The number of piperidine rings is 1. The van der Waals surface area contributed by atoms with Gasteiger partial charge >= 0.3 is 13.1 Å². The molecule has 2 aliphatic heterocycles. The first-order valence-electron chi connectivity index (χ1n) is 9.33. The van der Waals surface area contributed by atoms with Gasteiger partial charge in [0, 0.05) is 30.9 Å². The van der Waals surface area contributed by atoms with Crippen LogP contribution in [0.15, 0.2) is 12.4 Å². The molecular formula is C18H26BN3O4. The molecule has 2 bridgehead atoms. The molecular weight excluding hydrogens is 333 g/mol. The first kappa shape index (κ1) is 17.7. The van der Waals surface area contributed by atoms with Gasteiger partial charge in [0.15, 0.2) is 0 Å². The van der Waals surface area contributed by atoms with Crippen LogP contribution >= 0.6 is 0 Å². The number of hydrogen-bond donors (Lipinski definition) is 1. The van der Waals surface area contributed by atoms with E-state index >= 15 is 0 Å². The topological polar surface area (TPSA) is 84.8 Å². The van der Waals surface area contributed by atoms with Gasteiger partial charge in [0.1, 0.15) is 0 Å². The van der Waals surface area contributed by atoms with E-state index in [1.165, 1.54) is 0 Å². The van der Waals surface area contributed by atoms with Crippen molar-refractivity contribution in [3.63, 3.8) is 0 Å². The molecule has 7 nitrogen and oxygen atoms in total. The molecule has 0 aromatic carbocycles. The summed E-state index contributed by atoms with van der Waals surface area (Å²) in [4.78, 5) is 22.6. The summed E-state index contributed by atoms with van der Waals surface area (Å²) >= 11 is 0. The monoisotopic (exact) mass is 359 g/mol. The Morgan fingerprint density at radius 3 is 2.08 bits per heavy atom. The van der Waals surface area contributed by atoms with Gasteiger partial charge in [-0.3, -0.25) is 4.79 Å². The molecule has 3 heterocycles. The molecule has 4 rings (SSSR count). The van der Waals surface area contributed by atoms with Crippen LogP contribution in [0.5, 0.6) is 0 Å². The Balaban J connectivity index is 1.47. The number of hydrogen-bond acceptors (Lipinski definition) is 6. The highest BCUT2D eigenvalue weighted by Gasteiger charge is 2.52. The highest BCUT2D eigenvalue weighted by atomic mass is 16.7. The minimum Gasteiger partial charge on any atom is -0.481 e. The van der Waals surface area contributed by atoms with Crippen molar-refractivity contribution in [2.24, 2.45) is 17.8 Å². The Labute approximate surface area is 154 Å². The van der Waals surface area contributed by atoms with Crippen molar-refractivity contribution in [3.05, 3.63) is 12.4 Å². The van der Waals surface area contributed by atoms with E-state index in [1.54, 1.807) is 12.4 Å². The summed E-state index contributed by atoms with van der Waals surface area (Å²) in [5.41, 5.74) is 0.0125. The van der Waals surface area contributed by atoms with Crippen LogP contribution in [-0.4, -0.2) is 52.5 Å². The number of aliphatic carboxylic acids is 1. The van der Waals surface area contributed by atoms with Gasteiger partial charge in [-0.05, 0) is 52.4 Å². The Kier molecular flexibility index (Phi) is 4.04. The van der Waals surface area contributed by atoms with Gasteiger partial charge in [0.25, 0.3) is 0 Å². The number of aromatic nitrogens is 2. The Morgan fingerprint density at radius 2 is 1.62 bits per heavy atom. The van der Waals surface area contributed by atoms with Crippen molar-refractivity contribution in [2.75, 3.05) is 18.0 Å². The number of nitrogens with zero attached hydrogens (tertiary/aromatic N) is 3. The predicted octanol–water partition coefficient (Wildman–Crippen LogP) is 1.32. The van der Waals surface area contributed by atoms with E-state index in [2.05, 4.69) is 14.9 Å². The van der Waals surface area contributed by atoms with E-state index in [0.717, 1.165) is 18.3 Å². The van der Waals surface area contributed by atoms with E-state index < -0.39 is 24.3 Å². The molecule has 2 saturated heterocycles. The molecule has 1 aliphatic carbocycles. The second kappa shape index (κ2) is 5.92. The first-order valence-corrected chi connectivity index (χ1v) is 9.33. The lowest BCUT2D eigenvalue weighted by Crippen LogP contribution is -2.45. The summed E-state index contributed by atoms with van der Waals surface area (Å²) < 4.78 is 12.1. The normalized spacial score (nSPS) is 32.1. The Bertz CT molecular complexity index is 679. The molecule has 1 aromatic heterocycles. The van der Waals surface area contributed by atoms with Crippen LogP contribution in [0.2, 0.25) is 0 Å². The van der Waals surface area contributed by atoms with Crippen LogP contribution in [0.1, 0.15) is 40.5 Å². The van der Waals surface area contributed by atoms with Crippen molar-refractivity contribution >= 4 is 24.5 Å². The maximum atomic E-state index is 11.5. The molecule has 26 heavy (non-hydrogen) atoms. The van der Waals surface area contributed by atoms with Crippen molar-refractivity contribution in [1.82, 2.24) is 9.97 Å². The third-order valence-corrected chi connectivity index (χ3v) is 6.59. The molecule has 8 heteroatoms. The second-order valence-corrected chi connectivity index (χ2v) is 8.77. The van der Waals surface area contributed by atoms with Crippen LogP contribution < -0.4 is 10.4 Å². The molecule has 1 saturated carbocycles. The first-order chi connectivity index (χ1) is 12.2. The molecule has 0 spiro atoms. The lowest BCUT2D eigenvalue weighted by atomic mass is 9.81. The summed E-state index contributed by atoms with van der Waals surface area (Å²) in [6, 6.07) is 0. The van der Waals surface area contributed by atoms with E-state index in [0.29, 0.717) is 19.0 Å². The van der Waals surface area contributed by atoms with E-state index in [4.69, 9.17) is 9.31 Å². The van der Waals surface area contributed by atoms with Crippen molar-refractivity contribution in [2.45, 2.75) is 51.7 Å². The average Bonchev–Trinajstić information content (AvgIpc) is 2.96. The molecule has 1 unspecified atom stereocenters. The molecule has 0 amide bonds. The SMILES string of the molecule is CC1(C)OB(c2cnc(N3C[C@H]4CC[C@@H](C3)C4C(=O)O)nc2)OC1(C)C. The van der Waals surface area contributed by atoms with E-state index in [9.17, 15) is 9.90 Å². The Morgan fingerprint density at radius 1 is 1.12 bits per heavy atom. The highest BCUT2D eigenvalue weighted by molar-refractivity contribution is 6.61. The van der Waals surface area contributed by atoms with Gasteiger partial charge in [0.05, 0.1) is 17.1 Å². The minimum absolute atomic E-state index is 0.192. The summed E-state index contributed by atoms with van der Waals surface area (Å²) in [6.45, 7) is 9.50. The Hall–Kier alpha value is -1.67. The number of anilines is 1. The van der Waals surface area contributed by atoms with Crippen LogP contribution in [0.25, 0.3) is 0 Å². The van der Waals surface area contributed by atoms with E-state index in [1.807, 2.05) is 27.7 Å². The van der Waals surface area contributed by atoms with Gasteiger partial charge in [-0.1, -0.05) is 0 Å². The van der Waals surface area contributed by atoms with E-state index in [-0.39, 0.29) is 17.8 Å². The highest BCUT2D eigenvalue weighted by Crippen LogP contribution is 2.42. The van der Waals surface area contributed by atoms with Crippen molar-refractivity contribution < 1.29 is 19.2 Å². The molecule has 3 fully saturated rings. The second-order valence-electron chi connectivity index (χ2n) is 8.77. The molecule has 0 radical (unpaired) electrons. The number of carbonyl (C=O) groups is 1. The standard InChI is InChI=1S/C18H26BN3O4/c1-17(2)18(3,4)26-19(25-17)13-7-20-16(21-8-13)22-9-11-5-6-12(10-22)14(11)15(23)24/h7-8,11-12,14H,5-6,9-10H2,1-4H3,(H,23,24)/t11-,12+,14?. The average molecular weight is 359 g/mol. The quantitative estimate of drug-likeness (QED) is 0.815. The van der Waals surface area contributed by atoms with Gasteiger partial charge < -0.3 is 19.3 Å². The van der Waals surface area contributed by atoms with Gasteiger partial charge in [0.2, 0.25) is 5.95 Å². The molecule has 3 atom stereocenters. The number of carboxylic acids is 1. The fourth-order valence-corrected chi connectivity index (χ4v) is 4.38. The number of rotatable bonds is 3. The number of carboxylic acid groups (broad SMARTS) is 1. The fourth-order valence-electron chi connectivity index (χ4n) is 4.38. The largest absolute Gasteiger partial charge is 0.498 e. The van der Waals surface area contributed by atoms with Crippen LogP contribution in [0.4, 0.5) is 5.95 Å². The summed E-state index contributed by atoms with van der Waals surface area (Å²) in [5, 5.41) is 9.44. The van der Waals surface area contributed by atoms with Gasteiger partial charge in [-0.2, -0.15) is 0 Å². The van der Waals surface area contributed by atoms with Crippen LogP contribution in [0.3, 0.4) is 0 Å². The third kappa shape index (κ3) is 2.79. The maximum absolute atomic E-state index is 11.5. The fraction of sp³-hybridized carbons (Fsp3) is 0.722. The van der Waals surface area contributed by atoms with Gasteiger partial charge in [-0.25, -0.2) is 9.97 Å². The smallest absolute Gasteiger partial charge is 0.481 e. The molecule has 3 aliphatic rings. The maximum Gasteiger partial charge on any atom is 0.498 e. The summed E-state index contributed by atoms with van der Waals surface area (Å²) in [7, 11) is -0.469. The summed E-state index contributed by atoms with van der Waals surface area (Å²) in [6.07, 6.45) is 5.47. The molecule has 1 aromatic rings. The van der Waals surface area contributed by atoms with Crippen molar-refractivity contribution in [3.8, 4) is 0 Å². The van der Waals surface area contributed by atoms with Crippen LogP contribution in [-0.2, 0) is 14.1 Å². The zero-order valence-electron chi connectivity index (χ0n) is 15.8. The van der Waals surface area contributed by atoms with Gasteiger partial charge in [-0.15, -0.1) is 0 Å². The number of fused-ring (bicyclic) bond motifs is 2. The van der Waals surface area contributed by atoms with Crippen LogP contribution in [0, 0.1) is 17.8 Å². The molecule has 140 valence electrons. The zero-order valence-corrected chi connectivity index (χ0v) is 15.8. The summed E-state index contributed by atoms with van der Waals surface area (Å²) in [5.74, 6) is 0.172. The lowest BCUT2D eigenvalue weighted by Gasteiger charge is -2.35.